The van der Waals surface area contributed by atoms with Gasteiger partial charge in [0.25, 0.3) is 0 Å². The van der Waals surface area contributed by atoms with Crippen molar-refractivity contribution < 1.29 is 24.2 Å². The lowest BCUT2D eigenvalue weighted by molar-refractivity contribution is -0.150. The number of carbonyl (C=O) groups is 1. The second-order valence-electron chi connectivity index (χ2n) is 6.08. The summed E-state index contributed by atoms with van der Waals surface area (Å²) in [6, 6.07) is 0. The summed E-state index contributed by atoms with van der Waals surface area (Å²) in [6.07, 6.45) is -1.57. The molecule has 0 fully saturated rings. The molecule has 18 heavy (non-hydrogen) atoms. The molecule has 2 N–H and O–H groups in total. The van der Waals surface area contributed by atoms with Crippen molar-refractivity contribution in [1.29, 1.82) is 0 Å². The van der Waals surface area contributed by atoms with Gasteiger partial charge in [0.1, 0.15) is 0 Å². The molecule has 0 saturated heterocycles. The lowest BCUT2D eigenvalue weighted by Crippen LogP contribution is -2.44. The summed E-state index contributed by atoms with van der Waals surface area (Å²) in [5, 5.41) is 17.7. The third-order valence-corrected chi connectivity index (χ3v) is 7.82. The fraction of sp³-hybridized carbons (Fsp3) is 0.917. The van der Waals surface area contributed by atoms with E-state index in [2.05, 4.69) is 33.9 Å². The van der Waals surface area contributed by atoms with Crippen LogP contribution in [-0.2, 0) is 14.0 Å². The maximum absolute atomic E-state index is 10.4. The summed E-state index contributed by atoms with van der Waals surface area (Å²) in [7, 11) is -1.83. The second-order valence-corrected chi connectivity index (χ2v) is 10.8. The zero-order valence-corrected chi connectivity index (χ0v) is 13.2. The van der Waals surface area contributed by atoms with Gasteiger partial charge in [0, 0.05) is 0 Å². The average molecular weight is 278 g/mol. The Kier molecular flexibility index (Phi) is 6.49. The van der Waals surface area contributed by atoms with Gasteiger partial charge in [-0.25, -0.2) is 4.79 Å². The lowest BCUT2D eigenvalue weighted by atomic mass is 10.2. The van der Waals surface area contributed by atoms with Crippen LogP contribution in [0.5, 0.6) is 0 Å². The van der Waals surface area contributed by atoms with Crippen molar-refractivity contribution >= 4 is 14.3 Å². The van der Waals surface area contributed by atoms with Crippen LogP contribution in [0, 0.1) is 0 Å². The van der Waals surface area contributed by atoms with E-state index < -0.39 is 20.4 Å². The Balaban J connectivity index is 4.06. The van der Waals surface area contributed by atoms with Crippen molar-refractivity contribution in [3.8, 4) is 0 Å². The van der Waals surface area contributed by atoms with Crippen molar-refractivity contribution in [2.24, 2.45) is 0 Å². The summed E-state index contributed by atoms with van der Waals surface area (Å²) in [6.45, 7) is 12.7. The highest BCUT2D eigenvalue weighted by Gasteiger charge is 2.38. The Hall–Kier alpha value is -0.433. The van der Waals surface area contributed by atoms with E-state index in [1.54, 1.807) is 0 Å². The van der Waals surface area contributed by atoms with Crippen molar-refractivity contribution in [3.05, 3.63) is 0 Å². The summed E-state index contributed by atoms with van der Waals surface area (Å²) >= 11 is 0. The minimum absolute atomic E-state index is 0.105. The van der Waals surface area contributed by atoms with E-state index in [1.807, 2.05) is 6.92 Å². The first kappa shape index (κ1) is 17.6. The molecule has 6 heteroatoms. The number of ether oxygens (including phenoxy) is 1. The van der Waals surface area contributed by atoms with Gasteiger partial charge in [-0.15, -0.1) is 0 Å². The molecule has 0 aliphatic rings. The summed E-state index contributed by atoms with van der Waals surface area (Å²) in [5.41, 5.74) is 0. The maximum atomic E-state index is 10.4. The largest absolute Gasteiger partial charge is 0.479 e. The van der Waals surface area contributed by atoms with E-state index in [9.17, 15) is 4.79 Å². The van der Waals surface area contributed by atoms with Crippen LogP contribution in [0.3, 0.4) is 0 Å². The predicted octanol–water partition coefficient (Wildman–Crippen LogP) is 1.86. The Bertz CT molecular complexity index is 272. The number of aliphatic carboxylic acids is 1. The summed E-state index contributed by atoms with van der Waals surface area (Å²) < 4.78 is 11.2. The molecule has 2 atom stereocenters. The van der Waals surface area contributed by atoms with E-state index in [4.69, 9.17) is 19.4 Å². The van der Waals surface area contributed by atoms with Gasteiger partial charge in [-0.2, -0.15) is 0 Å². The van der Waals surface area contributed by atoms with Gasteiger partial charge in [0.05, 0.1) is 19.3 Å². The van der Waals surface area contributed by atoms with Crippen LogP contribution in [0.4, 0.5) is 0 Å². The SMILES string of the molecule is CC(COCC(O)C(=O)O)O[Si](C)(C)C(C)(C)C. The molecule has 0 aromatic carbocycles. The topological polar surface area (TPSA) is 76.0 Å². The first-order valence-corrected chi connectivity index (χ1v) is 9.04. The van der Waals surface area contributed by atoms with Crippen LogP contribution in [0.2, 0.25) is 18.1 Å². The molecular weight excluding hydrogens is 252 g/mol. The van der Waals surface area contributed by atoms with Gasteiger partial charge in [-0.05, 0) is 25.1 Å². The van der Waals surface area contributed by atoms with E-state index in [0.29, 0.717) is 0 Å². The number of carboxylic acids is 1. The van der Waals surface area contributed by atoms with Gasteiger partial charge in [-0.3, -0.25) is 0 Å². The number of hydrogen-bond acceptors (Lipinski definition) is 4. The van der Waals surface area contributed by atoms with Crippen LogP contribution < -0.4 is 0 Å². The third kappa shape index (κ3) is 5.95. The third-order valence-electron chi connectivity index (χ3n) is 3.22. The number of aliphatic hydroxyl groups is 1. The minimum Gasteiger partial charge on any atom is -0.479 e. The number of aliphatic hydroxyl groups excluding tert-OH is 1. The Labute approximate surface area is 110 Å². The quantitative estimate of drug-likeness (QED) is 0.695. The van der Waals surface area contributed by atoms with Crippen molar-refractivity contribution in [3.63, 3.8) is 0 Å². The summed E-state index contributed by atoms with van der Waals surface area (Å²) in [4.78, 5) is 10.4. The maximum Gasteiger partial charge on any atom is 0.334 e. The smallest absolute Gasteiger partial charge is 0.334 e. The molecule has 0 amide bonds. The lowest BCUT2D eigenvalue weighted by Gasteiger charge is -2.38. The molecule has 0 aromatic heterocycles. The minimum atomic E-state index is -1.83. The molecule has 0 aromatic rings. The normalized spacial score (nSPS) is 16.4. The molecule has 5 nitrogen and oxygen atoms in total. The van der Waals surface area contributed by atoms with Crippen LogP contribution >= 0.6 is 0 Å². The monoisotopic (exact) mass is 278 g/mol. The van der Waals surface area contributed by atoms with E-state index >= 15 is 0 Å². The first-order chi connectivity index (χ1) is 7.97. The van der Waals surface area contributed by atoms with Crippen LogP contribution in [0.25, 0.3) is 0 Å². The highest BCUT2D eigenvalue weighted by atomic mass is 28.4. The molecule has 0 heterocycles. The molecule has 0 aliphatic carbocycles. The zero-order valence-electron chi connectivity index (χ0n) is 12.2. The Morgan fingerprint density at radius 3 is 2.17 bits per heavy atom. The summed E-state index contributed by atoms with van der Waals surface area (Å²) in [5.74, 6) is -1.27. The van der Waals surface area contributed by atoms with Crippen molar-refractivity contribution in [2.45, 2.75) is 58.0 Å². The second kappa shape index (κ2) is 6.65. The van der Waals surface area contributed by atoms with Crippen molar-refractivity contribution in [1.82, 2.24) is 0 Å². The first-order valence-electron chi connectivity index (χ1n) is 6.14. The molecular formula is C12H26O5Si. The fourth-order valence-electron chi connectivity index (χ4n) is 1.13. The molecule has 108 valence electrons. The van der Waals surface area contributed by atoms with Gasteiger partial charge >= 0.3 is 5.97 Å². The van der Waals surface area contributed by atoms with Crippen LogP contribution in [0.15, 0.2) is 0 Å². The molecule has 0 rings (SSSR count). The van der Waals surface area contributed by atoms with E-state index in [0.717, 1.165) is 0 Å². The standard InChI is InChI=1S/C12H26O5Si/c1-9(7-16-8-10(13)11(14)15)17-18(5,6)12(2,3)4/h9-10,13H,7-8H2,1-6H3,(H,14,15). The molecule has 2 unspecified atom stereocenters. The van der Waals surface area contributed by atoms with Crippen molar-refractivity contribution in [2.75, 3.05) is 13.2 Å². The molecule has 0 bridgehead atoms. The van der Waals surface area contributed by atoms with Gasteiger partial charge in [-0.1, -0.05) is 20.8 Å². The molecule has 0 spiro atoms. The highest BCUT2D eigenvalue weighted by molar-refractivity contribution is 6.74. The predicted molar refractivity (Wildman–Crippen MR) is 72.2 cm³/mol. The average Bonchev–Trinajstić information content (AvgIpc) is 2.14. The Morgan fingerprint density at radius 2 is 1.78 bits per heavy atom. The van der Waals surface area contributed by atoms with E-state index in [-0.39, 0.29) is 24.4 Å². The van der Waals surface area contributed by atoms with Crippen LogP contribution in [0.1, 0.15) is 27.7 Å². The number of rotatable bonds is 7. The van der Waals surface area contributed by atoms with Gasteiger partial charge < -0.3 is 19.4 Å². The fourth-order valence-corrected chi connectivity index (χ4v) is 2.56. The zero-order chi connectivity index (χ0) is 14.6. The number of hydrogen-bond donors (Lipinski definition) is 2. The molecule has 0 aliphatic heterocycles. The molecule has 0 saturated carbocycles. The highest BCUT2D eigenvalue weighted by Crippen LogP contribution is 2.37. The van der Waals surface area contributed by atoms with Gasteiger partial charge in [0.2, 0.25) is 0 Å². The number of carboxylic acid groups (broad SMARTS) is 1. The Morgan fingerprint density at radius 1 is 1.28 bits per heavy atom. The molecule has 0 radical (unpaired) electrons. The van der Waals surface area contributed by atoms with Crippen LogP contribution in [-0.4, -0.2) is 49.9 Å². The van der Waals surface area contributed by atoms with Gasteiger partial charge in [0.15, 0.2) is 14.4 Å². The van der Waals surface area contributed by atoms with E-state index in [1.165, 1.54) is 0 Å².